The zero-order valence-electron chi connectivity index (χ0n) is 11.6. The van der Waals surface area contributed by atoms with Crippen LogP contribution in [0.3, 0.4) is 0 Å². The highest BCUT2D eigenvalue weighted by Crippen LogP contribution is 2.17. The van der Waals surface area contributed by atoms with E-state index in [0.29, 0.717) is 13.0 Å². The van der Waals surface area contributed by atoms with Crippen molar-refractivity contribution < 1.29 is 9.90 Å². The quantitative estimate of drug-likeness (QED) is 0.849. The number of carbonyl (C=O) groups is 1. The van der Waals surface area contributed by atoms with E-state index in [1.165, 1.54) is 11.1 Å². The normalized spacial score (nSPS) is 19.6. The van der Waals surface area contributed by atoms with Crippen molar-refractivity contribution in [3.05, 3.63) is 35.4 Å². The number of hydrogen-bond acceptors (Lipinski definition) is 3. The Bertz CT molecular complexity index is 446. The first-order valence-electron chi connectivity index (χ1n) is 6.81. The fourth-order valence-electron chi connectivity index (χ4n) is 2.39. The number of likely N-dealkylation sites (N-methyl/N-ethyl adjacent to an activating group) is 1. The number of nitrogens with zero attached hydrogens (tertiary/aromatic N) is 1. The molecule has 0 aromatic heterocycles. The molecule has 0 radical (unpaired) electrons. The molecule has 1 aromatic carbocycles. The van der Waals surface area contributed by atoms with Crippen LogP contribution in [-0.2, 0) is 17.8 Å². The van der Waals surface area contributed by atoms with Gasteiger partial charge in [0.2, 0.25) is 5.91 Å². The lowest BCUT2D eigenvalue weighted by molar-refractivity contribution is -0.132. The molecule has 104 valence electrons. The van der Waals surface area contributed by atoms with Gasteiger partial charge in [-0.3, -0.25) is 4.79 Å². The summed E-state index contributed by atoms with van der Waals surface area (Å²) in [7, 11) is 1.80. The van der Waals surface area contributed by atoms with Crippen LogP contribution in [-0.4, -0.2) is 41.7 Å². The van der Waals surface area contributed by atoms with Crippen LogP contribution in [0.1, 0.15) is 24.5 Å². The molecule has 2 N–H and O–H groups in total. The van der Waals surface area contributed by atoms with Gasteiger partial charge >= 0.3 is 0 Å². The van der Waals surface area contributed by atoms with E-state index >= 15 is 0 Å². The molecule has 1 heterocycles. The second-order valence-electron chi connectivity index (χ2n) is 5.30. The number of aliphatic hydroxyl groups is 1. The molecule has 1 aromatic rings. The van der Waals surface area contributed by atoms with Crippen molar-refractivity contribution in [2.75, 3.05) is 13.6 Å². The molecule has 4 nitrogen and oxygen atoms in total. The fraction of sp³-hybridized carbons (Fsp3) is 0.533. The summed E-state index contributed by atoms with van der Waals surface area (Å²) >= 11 is 0. The molecule has 0 fully saturated rings. The molecule has 4 heteroatoms. The van der Waals surface area contributed by atoms with Crippen molar-refractivity contribution in [2.24, 2.45) is 0 Å². The third-order valence-electron chi connectivity index (χ3n) is 3.64. The molecular formula is C15H22N2O2. The predicted molar refractivity (Wildman–Crippen MR) is 74.7 cm³/mol. The molecule has 0 spiro atoms. The smallest absolute Gasteiger partial charge is 0.239 e. The highest BCUT2D eigenvalue weighted by molar-refractivity contribution is 5.82. The standard InChI is InChI=1S/C15H22N2O2/c1-11(18)7-8-17(2)15(19)14-9-12-5-3-4-6-13(12)10-16-14/h3-6,11,14,16,18H,7-10H2,1-2H3/t11?,14-/m1/s1. The molecule has 19 heavy (non-hydrogen) atoms. The summed E-state index contributed by atoms with van der Waals surface area (Å²) < 4.78 is 0. The first-order valence-corrected chi connectivity index (χ1v) is 6.81. The zero-order chi connectivity index (χ0) is 13.8. The third-order valence-corrected chi connectivity index (χ3v) is 3.64. The lowest BCUT2D eigenvalue weighted by atomic mass is 9.95. The van der Waals surface area contributed by atoms with Crippen LogP contribution in [0.25, 0.3) is 0 Å². The second kappa shape index (κ2) is 6.17. The molecule has 1 aliphatic rings. The average Bonchev–Trinajstić information content (AvgIpc) is 2.43. The molecule has 0 saturated carbocycles. The van der Waals surface area contributed by atoms with Gasteiger partial charge in [-0.25, -0.2) is 0 Å². The zero-order valence-corrected chi connectivity index (χ0v) is 11.6. The van der Waals surface area contributed by atoms with E-state index in [2.05, 4.69) is 17.4 Å². The molecule has 2 atom stereocenters. The van der Waals surface area contributed by atoms with E-state index in [9.17, 15) is 9.90 Å². The Labute approximate surface area is 114 Å². The van der Waals surface area contributed by atoms with Gasteiger partial charge in [-0.2, -0.15) is 0 Å². The number of amides is 1. The highest BCUT2D eigenvalue weighted by atomic mass is 16.3. The van der Waals surface area contributed by atoms with Crippen LogP contribution in [0.5, 0.6) is 0 Å². The lowest BCUT2D eigenvalue weighted by Gasteiger charge is -2.29. The molecule has 1 aliphatic heterocycles. The Hall–Kier alpha value is -1.39. The van der Waals surface area contributed by atoms with Crippen molar-refractivity contribution in [1.82, 2.24) is 10.2 Å². The summed E-state index contributed by atoms with van der Waals surface area (Å²) in [6, 6.07) is 8.08. The second-order valence-corrected chi connectivity index (χ2v) is 5.30. The van der Waals surface area contributed by atoms with Gasteiger partial charge < -0.3 is 15.3 Å². The minimum atomic E-state index is -0.365. The van der Waals surface area contributed by atoms with Gasteiger partial charge in [0.05, 0.1) is 12.1 Å². The number of nitrogens with one attached hydrogen (secondary N) is 1. The molecule has 1 unspecified atom stereocenters. The van der Waals surface area contributed by atoms with Crippen molar-refractivity contribution in [3.63, 3.8) is 0 Å². The van der Waals surface area contributed by atoms with E-state index in [-0.39, 0.29) is 18.1 Å². The first-order chi connectivity index (χ1) is 9.08. The van der Waals surface area contributed by atoms with E-state index in [0.717, 1.165) is 13.0 Å². The van der Waals surface area contributed by atoms with E-state index in [1.54, 1.807) is 18.9 Å². The van der Waals surface area contributed by atoms with Gasteiger partial charge in [-0.15, -0.1) is 0 Å². The fourth-order valence-corrected chi connectivity index (χ4v) is 2.39. The number of aliphatic hydroxyl groups excluding tert-OH is 1. The number of benzene rings is 1. The average molecular weight is 262 g/mol. The van der Waals surface area contributed by atoms with E-state index < -0.39 is 0 Å². The Morgan fingerprint density at radius 3 is 2.84 bits per heavy atom. The Kier molecular flexibility index (Phi) is 4.56. The van der Waals surface area contributed by atoms with Crippen molar-refractivity contribution >= 4 is 5.91 Å². The molecular weight excluding hydrogens is 240 g/mol. The van der Waals surface area contributed by atoms with Crippen LogP contribution in [0.4, 0.5) is 0 Å². The van der Waals surface area contributed by atoms with Crippen LogP contribution < -0.4 is 5.32 Å². The summed E-state index contributed by atoms with van der Waals surface area (Å²) in [5.74, 6) is 0.107. The maximum Gasteiger partial charge on any atom is 0.239 e. The lowest BCUT2D eigenvalue weighted by Crippen LogP contribution is -2.48. The van der Waals surface area contributed by atoms with Gasteiger partial charge in [-0.1, -0.05) is 24.3 Å². The summed E-state index contributed by atoms with van der Waals surface area (Å²) in [4.78, 5) is 14.0. The Morgan fingerprint density at radius 1 is 1.47 bits per heavy atom. The molecule has 0 saturated heterocycles. The number of hydrogen-bond donors (Lipinski definition) is 2. The first kappa shape index (κ1) is 14.0. The molecule has 1 amide bonds. The highest BCUT2D eigenvalue weighted by Gasteiger charge is 2.26. The van der Waals surface area contributed by atoms with E-state index in [4.69, 9.17) is 0 Å². The maximum absolute atomic E-state index is 12.3. The summed E-state index contributed by atoms with van der Waals surface area (Å²) in [5.41, 5.74) is 2.53. The summed E-state index contributed by atoms with van der Waals surface area (Å²) in [6.07, 6.45) is 0.995. The molecule has 0 aliphatic carbocycles. The van der Waals surface area contributed by atoms with Crippen LogP contribution >= 0.6 is 0 Å². The van der Waals surface area contributed by atoms with Gasteiger partial charge in [0, 0.05) is 20.1 Å². The molecule has 2 rings (SSSR count). The minimum Gasteiger partial charge on any atom is -0.393 e. The maximum atomic E-state index is 12.3. The molecule has 0 bridgehead atoms. The predicted octanol–water partition coefficient (Wildman–Crippen LogP) is 0.930. The van der Waals surface area contributed by atoms with Crippen LogP contribution in [0.15, 0.2) is 24.3 Å². The third kappa shape index (κ3) is 3.55. The Balaban J connectivity index is 1.95. The van der Waals surface area contributed by atoms with Gasteiger partial charge in [0.15, 0.2) is 0 Å². The number of carbonyl (C=O) groups excluding carboxylic acids is 1. The van der Waals surface area contributed by atoms with Crippen LogP contribution in [0, 0.1) is 0 Å². The minimum absolute atomic E-state index is 0.107. The number of fused-ring (bicyclic) bond motifs is 1. The Morgan fingerprint density at radius 2 is 2.16 bits per heavy atom. The topological polar surface area (TPSA) is 52.6 Å². The van der Waals surface area contributed by atoms with Gasteiger partial charge in [0.1, 0.15) is 0 Å². The SMILES string of the molecule is CC(O)CCN(C)C(=O)[C@H]1Cc2ccccc2CN1. The summed E-state index contributed by atoms with van der Waals surface area (Å²) in [6.45, 7) is 3.08. The van der Waals surface area contributed by atoms with Crippen molar-refractivity contribution in [3.8, 4) is 0 Å². The summed E-state index contributed by atoms with van der Waals surface area (Å²) in [5, 5.41) is 12.6. The number of rotatable bonds is 4. The van der Waals surface area contributed by atoms with Crippen molar-refractivity contribution in [2.45, 2.75) is 38.5 Å². The largest absolute Gasteiger partial charge is 0.393 e. The monoisotopic (exact) mass is 262 g/mol. The van der Waals surface area contributed by atoms with Crippen LogP contribution in [0.2, 0.25) is 0 Å². The van der Waals surface area contributed by atoms with Gasteiger partial charge in [-0.05, 0) is 30.9 Å². The van der Waals surface area contributed by atoms with E-state index in [1.807, 2.05) is 12.1 Å². The van der Waals surface area contributed by atoms with Crippen molar-refractivity contribution in [1.29, 1.82) is 0 Å². The van der Waals surface area contributed by atoms with Gasteiger partial charge in [0.25, 0.3) is 0 Å².